The molecule has 0 saturated carbocycles. The standard InChI is InChI=1S/C9H17NO/c1-4-9(7(2)3)5-6-10-8(9)11/h7H,4-6H2,1-3H3,(H,10,11). The summed E-state index contributed by atoms with van der Waals surface area (Å²) in [6.07, 6.45) is 1.98. The first-order valence-electron chi connectivity index (χ1n) is 4.42. The van der Waals surface area contributed by atoms with Crippen molar-refractivity contribution in [2.24, 2.45) is 11.3 Å². The van der Waals surface area contributed by atoms with Gasteiger partial charge in [-0.25, -0.2) is 0 Å². The van der Waals surface area contributed by atoms with Crippen LogP contribution in [0.5, 0.6) is 0 Å². The molecule has 0 aromatic heterocycles. The van der Waals surface area contributed by atoms with Gasteiger partial charge in [0.05, 0.1) is 5.41 Å². The van der Waals surface area contributed by atoms with Crippen molar-refractivity contribution in [3.63, 3.8) is 0 Å². The number of hydrogen-bond acceptors (Lipinski definition) is 1. The van der Waals surface area contributed by atoms with Crippen molar-refractivity contribution in [1.29, 1.82) is 0 Å². The molecule has 0 aliphatic carbocycles. The van der Waals surface area contributed by atoms with Gasteiger partial charge in [-0.15, -0.1) is 0 Å². The highest BCUT2D eigenvalue weighted by Gasteiger charge is 2.42. The van der Waals surface area contributed by atoms with Crippen LogP contribution in [0.1, 0.15) is 33.6 Å². The summed E-state index contributed by atoms with van der Waals surface area (Å²) in [5, 5.41) is 2.90. The average molecular weight is 155 g/mol. The fourth-order valence-electron chi connectivity index (χ4n) is 1.99. The fraction of sp³-hybridized carbons (Fsp3) is 0.889. The molecule has 1 fully saturated rings. The van der Waals surface area contributed by atoms with Crippen molar-refractivity contribution in [3.8, 4) is 0 Å². The lowest BCUT2D eigenvalue weighted by atomic mass is 9.74. The molecule has 1 amide bonds. The third-order valence-electron chi connectivity index (χ3n) is 3.04. The highest BCUT2D eigenvalue weighted by Crippen LogP contribution is 2.38. The van der Waals surface area contributed by atoms with Crippen LogP contribution in [-0.2, 0) is 4.79 Å². The average Bonchev–Trinajstić information content (AvgIpc) is 2.32. The van der Waals surface area contributed by atoms with Gasteiger partial charge >= 0.3 is 0 Å². The van der Waals surface area contributed by atoms with E-state index in [-0.39, 0.29) is 11.3 Å². The molecule has 1 heterocycles. The Morgan fingerprint density at radius 2 is 2.27 bits per heavy atom. The van der Waals surface area contributed by atoms with E-state index in [1.165, 1.54) is 0 Å². The number of nitrogens with one attached hydrogen (secondary N) is 1. The van der Waals surface area contributed by atoms with E-state index in [4.69, 9.17) is 0 Å². The Kier molecular flexibility index (Phi) is 2.21. The van der Waals surface area contributed by atoms with Crippen molar-refractivity contribution >= 4 is 5.91 Å². The molecule has 2 nitrogen and oxygen atoms in total. The maximum atomic E-state index is 11.5. The molecule has 11 heavy (non-hydrogen) atoms. The van der Waals surface area contributed by atoms with Gasteiger partial charge in [0.2, 0.25) is 5.91 Å². The molecular formula is C9H17NO. The van der Waals surface area contributed by atoms with Gasteiger partial charge in [-0.3, -0.25) is 4.79 Å². The van der Waals surface area contributed by atoms with Gasteiger partial charge in [0.1, 0.15) is 0 Å². The lowest BCUT2D eigenvalue weighted by Crippen LogP contribution is -2.35. The second-order valence-electron chi connectivity index (χ2n) is 3.67. The summed E-state index contributed by atoms with van der Waals surface area (Å²) in [6, 6.07) is 0. The topological polar surface area (TPSA) is 29.1 Å². The number of rotatable bonds is 2. The first kappa shape index (κ1) is 8.57. The zero-order valence-corrected chi connectivity index (χ0v) is 7.61. The first-order valence-corrected chi connectivity index (χ1v) is 4.42. The zero-order valence-electron chi connectivity index (χ0n) is 7.61. The second-order valence-corrected chi connectivity index (χ2v) is 3.67. The Labute approximate surface area is 68.4 Å². The Hall–Kier alpha value is -0.530. The summed E-state index contributed by atoms with van der Waals surface area (Å²) >= 11 is 0. The van der Waals surface area contributed by atoms with E-state index in [9.17, 15) is 4.79 Å². The van der Waals surface area contributed by atoms with Crippen LogP contribution in [0.3, 0.4) is 0 Å². The summed E-state index contributed by atoms with van der Waals surface area (Å²) in [6.45, 7) is 7.23. The van der Waals surface area contributed by atoms with Crippen LogP contribution in [0.15, 0.2) is 0 Å². The summed E-state index contributed by atoms with van der Waals surface area (Å²) in [7, 11) is 0. The first-order chi connectivity index (χ1) is 5.13. The van der Waals surface area contributed by atoms with Gasteiger partial charge < -0.3 is 5.32 Å². The Balaban J connectivity index is 2.82. The minimum atomic E-state index is -0.0556. The van der Waals surface area contributed by atoms with Gasteiger partial charge in [-0.1, -0.05) is 20.8 Å². The molecule has 1 unspecified atom stereocenters. The molecule has 1 rings (SSSR count). The third kappa shape index (κ3) is 1.15. The van der Waals surface area contributed by atoms with Crippen LogP contribution in [-0.4, -0.2) is 12.5 Å². The number of carbonyl (C=O) groups excluding carboxylic acids is 1. The zero-order chi connectivity index (χ0) is 8.48. The SMILES string of the molecule is CCC1(C(C)C)CCNC1=O. The van der Waals surface area contributed by atoms with E-state index in [0.29, 0.717) is 5.92 Å². The van der Waals surface area contributed by atoms with E-state index in [1.807, 2.05) is 0 Å². The van der Waals surface area contributed by atoms with Gasteiger partial charge in [0, 0.05) is 6.54 Å². The van der Waals surface area contributed by atoms with E-state index in [1.54, 1.807) is 0 Å². The summed E-state index contributed by atoms with van der Waals surface area (Å²) < 4.78 is 0. The molecule has 1 N–H and O–H groups in total. The normalized spacial score (nSPS) is 31.1. The molecule has 1 aliphatic rings. The van der Waals surface area contributed by atoms with Crippen molar-refractivity contribution in [1.82, 2.24) is 5.32 Å². The van der Waals surface area contributed by atoms with E-state index >= 15 is 0 Å². The van der Waals surface area contributed by atoms with Crippen molar-refractivity contribution in [2.45, 2.75) is 33.6 Å². The quantitative estimate of drug-likeness (QED) is 0.644. The Morgan fingerprint density at radius 1 is 1.64 bits per heavy atom. The van der Waals surface area contributed by atoms with Crippen LogP contribution in [0.2, 0.25) is 0 Å². The predicted octanol–water partition coefficient (Wildman–Crippen LogP) is 1.56. The minimum Gasteiger partial charge on any atom is -0.356 e. The molecule has 0 bridgehead atoms. The van der Waals surface area contributed by atoms with E-state index < -0.39 is 0 Å². The third-order valence-corrected chi connectivity index (χ3v) is 3.04. The van der Waals surface area contributed by atoms with Crippen LogP contribution >= 0.6 is 0 Å². The Bertz CT molecular complexity index is 165. The largest absolute Gasteiger partial charge is 0.356 e. The number of amides is 1. The van der Waals surface area contributed by atoms with Crippen molar-refractivity contribution in [2.75, 3.05) is 6.54 Å². The molecule has 0 radical (unpaired) electrons. The highest BCUT2D eigenvalue weighted by molar-refractivity contribution is 5.84. The van der Waals surface area contributed by atoms with E-state index in [0.717, 1.165) is 19.4 Å². The van der Waals surface area contributed by atoms with Crippen LogP contribution in [0, 0.1) is 11.3 Å². The summed E-state index contributed by atoms with van der Waals surface area (Å²) in [5.74, 6) is 0.727. The molecular weight excluding hydrogens is 138 g/mol. The van der Waals surface area contributed by atoms with Gasteiger partial charge in [0.25, 0.3) is 0 Å². The molecule has 1 aliphatic heterocycles. The lowest BCUT2D eigenvalue weighted by Gasteiger charge is -2.28. The van der Waals surface area contributed by atoms with Crippen LogP contribution in [0.25, 0.3) is 0 Å². The van der Waals surface area contributed by atoms with Crippen LogP contribution in [0.4, 0.5) is 0 Å². The molecule has 0 spiro atoms. The molecule has 64 valence electrons. The maximum absolute atomic E-state index is 11.5. The van der Waals surface area contributed by atoms with Crippen molar-refractivity contribution in [3.05, 3.63) is 0 Å². The molecule has 0 aromatic rings. The predicted molar refractivity (Wildman–Crippen MR) is 45.2 cm³/mol. The second kappa shape index (κ2) is 2.84. The van der Waals surface area contributed by atoms with Crippen LogP contribution < -0.4 is 5.32 Å². The van der Waals surface area contributed by atoms with Gasteiger partial charge in [-0.05, 0) is 18.8 Å². The monoisotopic (exact) mass is 155 g/mol. The molecule has 0 aromatic carbocycles. The van der Waals surface area contributed by atoms with Crippen molar-refractivity contribution < 1.29 is 4.79 Å². The van der Waals surface area contributed by atoms with Gasteiger partial charge in [0.15, 0.2) is 0 Å². The highest BCUT2D eigenvalue weighted by atomic mass is 16.2. The Morgan fingerprint density at radius 3 is 2.45 bits per heavy atom. The fourth-order valence-corrected chi connectivity index (χ4v) is 1.99. The number of hydrogen-bond donors (Lipinski definition) is 1. The summed E-state index contributed by atoms with van der Waals surface area (Å²) in [4.78, 5) is 11.5. The minimum absolute atomic E-state index is 0.0556. The lowest BCUT2D eigenvalue weighted by molar-refractivity contribution is -0.130. The maximum Gasteiger partial charge on any atom is 0.226 e. The van der Waals surface area contributed by atoms with Gasteiger partial charge in [-0.2, -0.15) is 0 Å². The molecule has 1 atom stereocenters. The molecule has 1 saturated heterocycles. The van der Waals surface area contributed by atoms with E-state index in [2.05, 4.69) is 26.1 Å². The number of carbonyl (C=O) groups is 1. The summed E-state index contributed by atoms with van der Waals surface area (Å²) in [5.41, 5.74) is -0.0556. The molecule has 2 heteroatoms. The smallest absolute Gasteiger partial charge is 0.226 e.